The molecular weight excluding hydrogens is 268 g/mol. The van der Waals surface area contributed by atoms with Gasteiger partial charge in [-0.05, 0) is 45.6 Å². The maximum Gasteiger partial charge on any atom is 0.306 e. The summed E-state index contributed by atoms with van der Waals surface area (Å²) < 4.78 is 0. The van der Waals surface area contributed by atoms with E-state index in [2.05, 4.69) is 17.3 Å². The Balaban J connectivity index is 1.62. The number of carboxylic acids is 1. The zero-order chi connectivity index (χ0) is 15.2. The third-order valence-electron chi connectivity index (χ3n) is 5.16. The number of hydrogen-bond donors (Lipinski definition) is 2. The zero-order valence-corrected chi connectivity index (χ0v) is 13.0. The second-order valence-electron chi connectivity index (χ2n) is 6.60. The van der Waals surface area contributed by atoms with Crippen LogP contribution in [0.1, 0.15) is 51.4 Å². The van der Waals surface area contributed by atoms with Crippen molar-refractivity contribution in [1.82, 2.24) is 10.2 Å². The molecule has 1 amide bonds. The fraction of sp³-hybridized carbons (Fsp3) is 0.875. The van der Waals surface area contributed by atoms with Crippen LogP contribution in [0, 0.1) is 11.8 Å². The van der Waals surface area contributed by atoms with Crippen molar-refractivity contribution < 1.29 is 14.7 Å². The van der Waals surface area contributed by atoms with Crippen molar-refractivity contribution in [3.05, 3.63) is 0 Å². The van der Waals surface area contributed by atoms with Gasteiger partial charge in [0.05, 0.1) is 5.92 Å². The van der Waals surface area contributed by atoms with Crippen molar-refractivity contribution >= 4 is 11.9 Å². The Bertz CT molecular complexity index is 359. The minimum atomic E-state index is -0.716. The maximum atomic E-state index is 12.1. The molecule has 0 bridgehead atoms. The van der Waals surface area contributed by atoms with Gasteiger partial charge >= 0.3 is 5.97 Å². The molecule has 2 saturated carbocycles. The largest absolute Gasteiger partial charge is 0.481 e. The third kappa shape index (κ3) is 4.70. The Morgan fingerprint density at radius 2 is 1.62 bits per heavy atom. The molecular formula is C16H28N2O3. The van der Waals surface area contributed by atoms with Crippen molar-refractivity contribution in [3.63, 3.8) is 0 Å². The van der Waals surface area contributed by atoms with E-state index in [-0.39, 0.29) is 17.7 Å². The lowest BCUT2D eigenvalue weighted by molar-refractivity contribution is -0.144. The van der Waals surface area contributed by atoms with E-state index in [0.717, 1.165) is 6.54 Å². The minimum Gasteiger partial charge on any atom is -0.481 e. The van der Waals surface area contributed by atoms with E-state index in [0.29, 0.717) is 38.3 Å². The van der Waals surface area contributed by atoms with Gasteiger partial charge in [0, 0.05) is 25.0 Å². The average Bonchev–Trinajstić information content (AvgIpc) is 3.01. The van der Waals surface area contributed by atoms with Gasteiger partial charge in [0.2, 0.25) is 5.91 Å². The molecule has 0 spiro atoms. The quantitative estimate of drug-likeness (QED) is 0.785. The lowest BCUT2D eigenvalue weighted by Gasteiger charge is -2.27. The van der Waals surface area contributed by atoms with Gasteiger partial charge in [-0.3, -0.25) is 9.59 Å². The second kappa shape index (κ2) is 7.78. The van der Waals surface area contributed by atoms with E-state index in [1.807, 2.05) is 0 Å². The molecule has 2 fully saturated rings. The molecule has 120 valence electrons. The summed E-state index contributed by atoms with van der Waals surface area (Å²) in [5.74, 6) is -0.842. The molecule has 2 aliphatic carbocycles. The highest BCUT2D eigenvalue weighted by atomic mass is 16.4. The number of nitrogens with one attached hydrogen (secondary N) is 1. The number of aliphatic carboxylic acids is 1. The Morgan fingerprint density at radius 1 is 1.05 bits per heavy atom. The highest BCUT2D eigenvalue weighted by molar-refractivity contribution is 5.79. The number of likely N-dealkylation sites (N-methyl/N-ethyl adjacent to an activating group) is 1. The van der Waals surface area contributed by atoms with Gasteiger partial charge in [-0.1, -0.05) is 12.8 Å². The van der Waals surface area contributed by atoms with Crippen molar-refractivity contribution in [2.75, 3.05) is 20.1 Å². The van der Waals surface area contributed by atoms with Crippen LogP contribution in [0.25, 0.3) is 0 Å². The number of amides is 1. The predicted octanol–water partition coefficient (Wildman–Crippen LogP) is 1.87. The molecule has 5 heteroatoms. The second-order valence-corrected chi connectivity index (χ2v) is 6.60. The number of carbonyl (C=O) groups is 2. The third-order valence-corrected chi connectivity index (χ3v) is 5.16. The highest BCUT2D eigenvalue weighted by Gasteiger charge is 2.29. The summed E-state index contributed by atoms with van der Waals surface area (Å²) in [4.78, 5) is 25.4. The molecule has 0 saturated heterocycles. The lowest BCUT2D eigenvalue weighted by Crippen LogP contribution is -2.40. The normalized spacial score (nSPS) is 27.0. The fourth-order valence-electron chi connectivity index (χ4n) is 3.63. The average molecular weight is 296 g/mol. The van der Waals surface area contributed by atoms with Gasteiger partial charge in [0.1, 0.15) is 0 Å². The summed E-state index contributed by atoms with van der Waals surface area (Å²) in [5.41, 5.74) is 0. The highest BCUT2D eigenvalue weighted by Crippen LogP contribution is 2.29. The molecule has 0 unspecified atom stereocenters. The first kappa shape index (κ1) is 16.3. The van der Waals surface area contributed by atoms with Gasteiger partial charge < -0.3 is 15.3 Å². The Kier molecular flexibility index (Phi) is 6.03. The fourth-order valence-corrected chi connectivity index (χ4v) is 3.63. The van der Waals surface area contributed by atoms with Crippen LogP contribution in [0.4, 0.5) is 0 Å². The van der Waals surface area contributed by atoms with Crippen molar-refractivity contribution in [3.8, 4) is 0 Å². The lowest BCUT2D eigenvalue weighted by atomic mass is 9.81. The summed E-state index contributed by atoms with van der Waals surface area (Å²) in [5, 5.41) is 12.0. The Morgan fingerprint density at radius 3 is 2.19 bits per heavy atom. The first-order chi connectivity index (χ1) is 10.1. The first-order valence-electron chi connectivity index (χ1n) is 8.28. The van der Waals surface area contributed by atoms with Crippen LogP contribution in [0.2, 0.25) is 0 Å². The summed E-state index contributed by atoms with van der Waals surface area (Å²) in [6, 6.07) is 0.688. The number of nitrogens with zero attached hydrogens (tertiary/aromatic N) is 1. The van der Waals surface area contributed by atoms with Crippen molar-refractivity contribution in [1.29, 1.82) is 0 Å². The van der Waals surface area contributed by atoms with E-state index in [9.17, 15) is 9.59 Å². The van der Waals surface area contributed by atoms with Gasteiger partial charge in [0.25, 0.3) is 0 Å². The molecule has 0 radical (unpaired) electrons. The Labute approximate surface area is 127 Å². The SMILES string of the molecule is CN(CCNC(=O)C1CCC(C(=O)O)CC1)C1CCCC1. The molecule has 0 aliphatic heterocycles. The van der Waals surface area contributed by atoms with E-state index < -0.39 is 5.97 Å². The molecule has 0 aromatic carbocycles. The van der Waals surface area contributed by atoms with Crippen LogP contribution >= 0.6 is 0 Å². The van der Waals surface area contributed by atoms with Gasteiger partial charge in [-0.15, -0.1) is 0 Å². The van der Waals surface area contributed by atoms with Crippen LogP contribution in [-0.2, 0) is 9.59 Å². The molecule has 0 heterocycles. The summed E-state index contributed by atoms with van der Waals surface area (Å²) in [7, 11) is 2.14. The number of carboxylic acid groups (broad SMARTS) is 1. The standard InChI is InChI=1S/C16H28N2O3/c1-18(14-4-2-3-5-14)11-10-17-15(19)12-6-8-13(9-7-12)16(20)21/h12-14H,2-11H2,1H3,(H,17,19)(H,20,21). The van der Waals surface area contributed by atoms with E-state index >= 15 is 0 Å². The van der Waals surface area contributed by atoms with Gasteiger partial charge in [0.15, 0.2) is 0 Å². The molecule has 2 N–H and O–H groups in total. The molecule has 0 atom stereocenters. The van der Waals surface area contributed by atoms with Crippen LogP contribution in [0.5, 0.6) is 0 Å². The minimum absolute atomic E-state index is 0.0115. The number of hydrogen-bond acceptors (Lipinski definition) is 3. The van der Waals surface area contributed by atoms with E-state index in [4.69, 9.17) is 5.11 Å². The van der Waals surface area contributed by atoms with Gasteiger partial charge in [-0.2, -0.15) is 0 Å². The summed E-state index contributed by atoms with van der Waals surface area (Å²) >= 11 is 0. The molecule has 0 aromatic heterocycles. The van der Waals surface area contributed by atoms with E-state index in [1.54, 1.807) is 0 Å². The topological polar surface area (TPSA) is 69.6 Å². The monoisotopic (exact) mass is 296 g/mol. The zero-order valence-electron chi connectivity index (χ0n) is 13.0. The first-order valence-corrected chi connectivity index (χ1v) is 8.28. The Hall–Kier alpha value is -1.10. The van der Waals surface area contributed by atoms with Crippen LogP contribution in [-0.4, -0.2) is 48.1 Å². The predicted molar refractivity (Wildman–Crippen MR) is 81.0 cm³/mol. The number of carbonyl (C=O) groups excluding carboxylic acids is 1. The van der Waals surface area contributed by atoms with Crippen LogP contribution in [0.15, 0.2) is 0 Å². The van der Waals surface area contributed by atoms with Crippen molar-refractivity contribution in [2.45, 2.75) is 57.4 Å². The van der Waals surface area contributed by atoms with Crippen LogP contribution < -0.4 is 5.32 Å². The maximum absolute atomic E-state index is 12.1. The summed E-state index contributed by atoms with van der Waals surface area (Å²) in [6.45, 7) is 1.60. The molecule has 0 aromatic rings. The molecule has 21 heavy (non-hydrogen) atoms. The molecule has 2 rings (SSSR count). The number of rotatable bonds is 6. The molecule has 2 aliphatic rings. The van der Waals surface area contributed by atoms with E-state index in [1.165, 1.54) is 25.7 Å². The van der Waals surface area contributed by atoms with Gasteiger partial charge in [-0.25, -0.2) is 0 Å². The summed E-state index contributed by atoms with van der Waals surface area (Å²) in [6.07, 6.45) is 7.91. The van der Waals surface area contributed by atoms with Crippen molar-refractivity contribution in [2.24, 2.45) is 11.8 Å². The van der Waals surface area contributed by atoms with Crippen LogP contribution in [0.3, 0.4) is 0 Å². The molecule has 5 nitrogen and oxygen atoms in total. The smallest absolute Gasteiger partial charge is 0.306 e.